The van der Waals surface area contributed by atoms with Crippen molar-refractivity contribution in [1.29, 1.82) is 0 Å². The Morgan fingerprint density at radius 2 is 2.04 bits per heavy atom. The number of hydrogen-bond acceptors (Lipinski definition) is 5. The maximum absolute atomic E-state index is 12.2. The van der Waals surface area contributed by atoms with Gasteiger partial charge in [-0.15, -0.1) is 5.10 Å². The van der Waals surface area contributed by atoms with Gasteiger partial charge in [-0.05, 0) is 57.5 Å². The number of benzene rings is 1. The molecule has 0 aliphatic carbocycles. The number of nitrogens with one attached hydrogen (secondary N) is 1. The standard InChI is InChI=1S/C17H25N5O2/c1-4-15-16(17(23)19-11-5-10-18)20-21-22(15)13-6-8-14(9-7-13)24-12(2)3/h6-9,12H,4-5,10-11,18H2,1-3H3,(H,19,23). The minimum Gasteiger partial charge on any atom is -0.491 e. The molecule has 0 radical (unpaired) electrons. The summed E-state index contributed by atoms with van der Waals surface area (Å²) in [7, 11) is 0. The van der Waals surface area contributed by atoms with Crippen LogP contribution in [0.5, 0.6) is 5.75 Å². The summed E-state index contributed by atoms with van der Waals surface area (Å²) in [6.45, 7) is 7.01. The molecule has 0 fully saturated rings. The summed E-state index contributed by atoms with van der Waals surface area (Å²) in [6, 6.07) is 7.58. The van der Waals surface area contributed by atoms with E-state index in [2.05, 4.69) is 15.6 Å². The van der Waals surface area contributed by atoms with Gasteiger partial charge in [-0.2, -0.15) is 0 Å². The van der Waals surface area contributed by atoms with Crippen LogP contribution in [0.2, 0.25) is 0 Å². The summed E-state index contributed by atoms with van der Waals surface area (Å²) < 4.78 is 7.33. The average molecular weight is 331 g/mol. The van der Waals surface area contributed by atoms with Crippen molar-refractivity contribution in [2.24, 2.45) is 5.73 Å². The highest BCUT2D eigenvalue weighted by molar-refractivity contribution is 5.93. The van der Waals surface area contributed by atoms with Crippen molar-refractivity contribution < 1.29 is 9.53 Å². The first-order valence-corrected chi connectivity index (χ1v) is 8.26. The largest absolute Gasteiger partial charge is 0.491 e. The van der Waals surface area contributed by atoms with Gasteiger partial charge in [0.25, 0.3) is 5.91 Å². The molecular formula is C17H25N5O2. The van der Waals surface area contributed by atoms with Crippen LogP contribution in [0.3, 0.4) is 0 Å². The first-order valence-electron chi connectivity index (χ1n) is 8.26. The number of rotatable bonds is 8. The summed E-state index contributed by atoms with van der Waals surface area (Å²) >= 11 is 0. The van der Waals surface area contributed by atoms with E-state index in [9.17, 15) is 4.79 Å². The van der Waals surface area contributed by atoms with Gasteiger partial charge in [0.2, 0.25) is 0 Å². The normalized spacial score (nSPS) is 10.9. The Balaban J connectivity index is 2.20. The SMILES string of the molecule is CCc1c(C(=O)NCCCN)nnn1-c1ccc(OC(C)C)cc1. The molecule has 0 aliphatic rings. The maximum Gasteiger partial charge on any atom is 0.273 e. The fourth-order valence-corrected chi connectivity index (χ4v) is 2.33. The zero-order valence-electron chi connectivity index (χ0n) is 14.5. The highest BCUT2D eigenvalue weighted by atomic mass is 16.5. The lowest BCUT2D eigenvalue weighted by atomic mass is 10.2. The van der Waals surface area contributed by atoms with Crippen LogP contribution in [0.15, 0.2) is 24.3 Å². The van der Waals surface area contributed by atoms with Gasteiger partial charge >= 0.3 is 0 Å². The Bertz CT molecular complexity index is 664. The van der Waals surface area contributed by atoms with Gasteiger partial charge in [-0.3, -0.25) is 4.79 Å². The third-order valence-electron chi connectivity index (χ3n) is 3.43. The summed E-state index contributed by atoms with van der Waals surface area (Å²) in [5.41, 5.74) is 7.42. The lowest BCUT2D eigenvalue weighted by Gasteiger charge is -2.11. The smallest absolute Gasteiger partial charge is 0.273 e. The molecule has 0 atom stereocenters. The summed E-state index contributed by atoms with van der Waals surface area (Å²) in [4.78, 5) is 12.2. The number of hydrogen-bond donors (Lipinski definition) is 2. The highest BCUT2D eigenvalue weighted by Gasteiger charge is 2.19. The van der Waals surface area contributed by atoms with Crippen molar-refractivity contribution in [3.05, 3.63) is 35.7 Å². The van der Waals surface area contributed by atoms with Gasteiger partial charge in [-0.1, -0.05) is 12.1 Å². The third kappa shape index (κ3) is 4.32. The Morgan fingerprint density at radius 3 is 2.62 bits per heavy atom. The van der Waals surface area contributed by atoms with Crippen LogP contribution in [0.1, 0.15) is 43.4 Å². The van der Waals surface area contributed by atoms with Crippen molar-refractivity contribution in [1.82, 2.24) is 20.3 Å². The van der Waals surface area contributed by atoms with E-state index in [1.54, 1.807) is 4.68 Å². The molecule has 0 saturated heterocycles. The molecule has 1 aromatic heterocycles. The second-order valence-corrected chi connectivity index (χ2v) is 5.71. The van der Waals surface area contributed by atoms with Crippen molar-refractivity contribution in [2.75, 3.05) is 13.1 Å². The van der Waals surface area contributed by atoms with E-state index in [1.807, 2.05) is 45.0 Å². The highest BCUT2D eigenvalue weighted by Crippen LogP contribution is 2.18. The van der Waals surface area contributed by atoms with E-state index in [0.717, 1.165) is 23.6 Å². The van der Waals surface area contributed by atoms with Crippen LogP contribution in [0.4, 0.5) is 0 Å². The fourth-order valence-electron chi connectivity index (χ4n) is 2.33. The second kappa shape index (κ2) is 8.44. The lowest BCUT2D eigenvalue weighted by Crippen LogP contribution is -2.27. The number of carbonyl (C=O) groups is 1. The Kier molecular flexibility index (Phi) is 6.31. The molecule has 7 nitrogen and oxygen atoms in total. The lowest BCUT2D eigenvalue weighted by molar-refractivity contribution is 0.0947. The minimum absolute atomic E-state index is 0.122. The quantitative estimate of drug-likeness (QED) is 0.718. The fraction of sp³-hybridized carbons (Fsp3) is 0.471. The topological polar surface area (TPSA) is 95.1 Å². The van der Waals surface area contributed by atoms with Crippen LogP contribution in [0.25, 0.3) is 5.69 Å². The molecule has 0 aliphatic heterocycles. The number of carbonyl (C=O) groups excluding carboxylic acids is 1. The molecule has 2 aromatic rings. The molecule has 0 unspecified atom stereocenters. The Hall–Kier alpha value is -2.41. The molecule has 1 heterocycles. The number of amides is 1. The van der Waals surface area contributed by atoms with E-state index in [1.165, 1.54) is 0 Å². The molecule has 24 heavy (non-hydrogen) atoms. The first-order chi connectivity index (χ1) is 11.6. The minimum atomic E-state index is -0.216. The molecular weight excluding hydrogens is 306 g/mol. The summed E-state index contributed by atoms with van der Waals surface area (Å²) in [6.07, 6.45) is 1.51. The molecule has 0 spiro atoms. The van der Waals surface area contributed by atoms with Gasteiger partial charge < -0.3 is 15.8 Å². The van der Waals surface area contributed by atoms with Crippen LogP contribution in [0, 0.1) is 0 Å². The van der Waals surface area contributed by atoms with Gasteiger partial charge in [-0.25, -0.2) is 4.68 Å². The Morgan fingerprint density at radius 1 is 1.33 bits per heavy atom. The Labute approximate surface area is 142 Å². The zero-order valence-corrected chi connectivity index (χ0v) is 14.5. The molecule has 130 valence electrons. The van der Waals surface area contributed by atoms with Crippen LogP contribution in [-0.4, -0.2) is 40.1 Å². The average Bonchev–Trinajstić information content (AvgIpc) is 2.99. The second-order valence-electron chi connectivity index (χ2n) is 5.71. The molecule has 3 N–H and O–H groups in total. The monoisotopic (exact) mass is 331 g/mol. The van der Waals surface area contributed by atoms with Crippen molar-refractivity contribution in [3.63, 3.8) is 0 Å². The van der Waals surface area contributed by atoms with E-state index in [0.29, 0.717) is 25.2 Å². The predicted molar refractivity (Wildman–Crippen MR) is 92.5 cm³/mol. The molecule has 1 aromatic carbocycles. The van der Waals surface area contributed by atoms with Gasteiger partial charge in [0, 0.05) is 6.54 Å². The molecule has 0 saturated carbocycles. The molecule has 1 amide bonds. The first kappa shape index (κ1) is 17.9. The van der Waals surface area contributed by atoms with E-state index in [-0.39, 0.29) is 12.0 Å². The molecule has 2 rings (SSSR count). The number of aromatic nitrogens is 3. The molecule has 0 bridgehead atoms. The van der Waals surface area contributed by atoms with Gasteiger partial charge in [0.15, 0.2) is 5.69 Å². The van der Waals surface area contributed by atoms with Crippen LogP contribution in [-0.2, 0) is 6.42 Å². The summed E-state index contributed by atoms with van der Waals surface area (Å²) in [5.74, 6) is 0.581. The van der Waals surface area contributed by atoms with E-state index >= 15 is 0 Å². The number of nitrogens with zero attached hydrogens (tertiary/aromatic N) is 3. The van der Waals surface area contributed by atoms with E-state index < -0.39 is 0 Å². The van der Waals surface area contributed by atoms with Crippen LogP contribution >= 0.6 is 0 Å². The zero-order chi connectivity index (χ0) is 17.5. The van der Waals surface area contributed by atoms with E-state index in [4.69, 9.17) is 10.5 Å². The number of nitrogens with two attached hydrogens (primary N) is 1. The van der Waals surface area contributed by atoms with Crippen LogP contribution < -0.4 is 15.8 Å². The summed E-state index contributed by atoms with van der Waals surface area (Å²) in [5, 5.41) is 11.0. The van der Waals surface area contributed by atoms with Gasteiger partial charge in [0.05, 0.1) is 17.5 Å². The maximum atomic E-state index is 12.2. The third-order valence-corrected chi connectivity index (χ3v) is 3.43. The van der Waals surface area contributed by atoms with Crippen molar-refractivity contribution in [3.8, 4) is 11.4 Å². The van der Waals surface area contributed by atoms with Gasteiger partial charge in [0.1, 0.15) is 5.75 Å². The predicted octanol–water partition coefficient (Wildman–Crippen LogP) is 1.70. The van der Waals surface area contributed by atoms with Crippen molar-refractivity contribution in [2.45, 2.75) is 39.7 Å². The molecule has 7 heteroatoms. The van der Waals surface area contributed by atoms with Crippen molar-refractivity contribution >= 4 is 5.91 Å². The number of ether oxygens (including phenoxy) is 1.